The van der Waals surface area contributed by atoms with Gasteiger partial charge < -0.3 is 4.90 Å². The summed E-state index contributed by atoms with van der Waals surface area (Å²) in [4.78, 5) is 13.3. The number of rotatable bonds is 1. The molecule has 0 radical (unpaired) electrons. The summed E-state index contributed by atoms with van der Waals surface area (Å²) in [7, 11) is 3.42. The van der Waals surface area contributed by atoms with Crippen LogP contribution in [0.3, 0.4) is 0 Å². The van der Waals surface area contributed by atoms with Gasteiger partial charge in [-0.1, -0.05) is 15.9 Å². The summed E-state index contributed by atoms with van der Waals surface area (Å²) >= 11 is 3.37. The zero-order valence-electron chi connectivity index (χ0n) is 8.41. The smallest absolute Gasteiger partial charge is 0.274 e. The molecule has 2 aromatic rings. The van der Waals surface area contributed by atoms with Gasteiger partial charge >= 0.3 is 0 Å². The molecule has 4 nitrogen and oxygen atoms in total. The Morgan fingerprint density at radius 1 is 1.47 bits per heavy atom. The van der Waals surface area contributed by atoms with Crippen molar-refractivity contribution in [2.45, 2.75) is 0 Å². The molecule has 0 fully saturated rings. The first-order chi connectivity index (χ1) is 7.09. The monoisotopic (exact) mass is 267 g/mol. The lowest BCUT2D eigenvalue weighted by Crippen LogP contribution is -2.22. The highest BCUT2D eigenvalue weighted by molar-refractivity contribution is 9.10. The molecule has 1 aromatic heterocycles. The number of aromatic amines is 1. The molecule has 0 aliphatic heterocycles. The number of nitrogens with one attached hydrogen (secondary N) is 1. The van der Waals surface area contributed by atoms with Crippen LogP contribution in [0.15, 0.2) is 22.7 Å². The van der Waals surface area contributed by atoms with E-state index in [2.05, 4.69) is 26.1 Å². The molecule has 1 amide bonds. The zero-order valence-corrected chi connectivity index (χ0v) is 10.00. The normalized spacial score (nSPS) is 10.6. The van der Waals surface area contributed by atoms with Crippen molar-refractivity contribution in [1.82, 2.24) is 15.1 Å². The summed E-state index contributed by atoms with van der Waals surface area (Å²) in [6, 6.07) is 5.68. The van der Waals surface area contributed by atoms with Gasteiger partial charge in [-0.2, -0.15) is 5.10 Å². The molecule has 0 atom stereocenters. The number of halogens is 1. The number of fused-ring (bicyclic) bond motifs is 1. The molecule has 15 heavy (non-hydrogen) atoms. The van der Waals surface area contributed by atoms with Crippen LogP contribution in [0.25, 0.3) is 10.9 Å². The topological polar surface area (TPSA) is 49.0 Å². The van der Waals surface area contributed by atoms with E-state index < -0.39 is 0 Å². The molecule has 0 aliphatic carbocycles. The Kier molecular flexibility index (Phi) is 2.48. The molecule has 2 rings (SSSR count). The van der Waals surface area contributed by atoms with Crippen molar-refractivity contribution in [1.29, 1.82) is 0 Å². The van der Waals surface area contributed by atoms with Crippen LogP contribution in [0, 0.1) is 0 Å². The quantitative estimate of drug-likeness (QED) is 0.860. The van der Waals surface area contributed by atoms with Gasteiger partial charge in [-0.05, 0) is 18.2 Å². The number of aromatic nitrogens is 2. The van der Waals surface area contributed by atoms with Gasteiger partial charge in [0.1, 0.15) is 0 Å². The van der Waals surface area contributed by atoms with E-state index in [1.807, 2.05) is 18.2 Å². The van der Waals surface area contributed by atoms with Gasteiger partial charge in [-0.15, -0.1) is 0 Å². The third-order valence-corrected chi connectivity index (χ3v) is 2.63. The van der Waals surface area contributed by atoms with Gasteiger partial charge in [0, 0.05) is 24.0 Å². The second kappa shape index (κ2) is 3.66. The lowest BCUT2D eigenvalue weighted by Gasteiger charge is -2.07. The second-order valence-electron chi connectivity index (χ2n) is 3.46. The highest BCUT2D eigenvalue weighted by Crippen LogP contribution is 2.21. The number of carbonyl (C=O) groups is 1. The van der Waals surface area contributed by atoms with E-state index in [4.69, 9.17) is 0 Å². The van der Waals surface area contributed by atoms with Crippen molar-refractivity contribution in [3.8, 4) is 0 Å². The molecule has 1 N–H and O–H groups in total. The number of benzene rings is 1. The highest BCUT2D eigenvalue weighted by atomic mass is 79.9. The largest absolute Gasteiger partial charge is 0.343 e. The molecule has 1 aromatic carbocycles. The van der Waals surface area contributed by atoms with Crippen molar-refractivity contribution in [2.24, 2.45) is 0 Å². The van der Waals surface area contributed by atoms with Gasteiger partial charge in [0.2, 0.25) is 0 Å². The molecule has 0 aliphatic rings. The average Bonchev–Trinajstić information content (AvgIpc) is 2.59. The average molecular weight is 268 g/mol. The number of nitrogens with zero attached hydrogens (tertiary/aromatic N) is 2. The summed E-state index contributed by atoms with van der Waals surface area (Å²) in [5, 5.41) is 7.69. The van der Waals surface area contributed by atoms with Crippen LogP contribution >= 0.6 is 15.9 Å². The Hall–Kier alpha value is -1.36. The van der Waals surface area contributed by atoms with Crippen LogP contribution in [-0.2, 0) is 0 Å². The van der Waals surface area contributed by atoms with Crippen LogP contribution in [0.1, 0.15) is 10.5 Å². The number of hydrogen-bond acceptors (Lipinski definition) is 2. The summed E-state index contributed by atoms with van der Waals surface area (Å²) in [5.41, 5.74) is 1.32. The number of carbonyl (C=O) groups excluding carboxylic acids is 1. The highest BCUT2D eigenvalue weighted by Gasteiger charge is 2.15. The molecular weight excluding hydrogens is 258 g/mol. The van der Waals surface area contributed by atoms with Gasteiger partial charge in [-0.3, -0.25) is 9.89 Å². The molecular formula is C10H10BrN3O. The van der Waals surface area contributed by atoms with Crippen LogP contribution in [0.4, 0.5) is 0 Å². The Labute approximate surface area is 95.4 Å². The maximum absolute atomic E-state index is 11.8. The van der Waals surface area contributed by atoms with E-state index in [0.717, 1.165) is 15.4 Å². The van der Waals surface area contributed by atoms with Gasteiger partial charge in [0.05, 0.1) is 5.52 Å². The molecule has 78 valence electrons. The van der Waals surface area contributed by atoms with E-state index in [-0.39, 0.29) is 5.91 Å². The third kappa shape index (κ3) is 1.74. The van der Waals surface area contributed by atoms with Crippen molar-refractivity contribution in [2.75, 3.05) is 14.1 Å². The van der Waals surface area contributed by atoms with Crippen LogP contribution < -0.4 is 0 Å². The fraction of sp³-hybridized carbons (Fsp3) is 0.200. The molecule has 0 saturated carbocycles. The number of hydrogen-bond donors (Lipinski definition) is 1. The third-order valence-electron chi connectivity index (χ3n) is 2.13. The van der Waals surface area contributed by atoms with E-state index in [9.17, 15) is 4.79 Å². The maximum atomic E-state index is 11.8. The Morgan fingerprint density at radius 3 is 2.87 bits per heavy atom. The first-order valence-electron chi connectivity index (χ1n) is 4.45. The van der Waals surface area contributed by atoms with E-state index in [0.29, 0.717) is 5.69 Å². The fourth-order valence-corrected chi connectivity index (χ4v) is 1.72. The Morgan fingerprint density at radius 2 is 2.20 bits per heavy atom. The second-order valence-corrected chi connectivity index (χ2v) is 4.38. The predicted molar refractivity (Wildman–Crippen MR) is 61.8 cm³/mol. The van der Waals surface area contributed by atoms with E-state index in [1.165, 1.54) is 4.90 Å². The van der Waals surface area contributed by atoms with Gasteiger partial charge in [0.25, 0.3) is 5.91 Å². The summed E-state index contributed by atoms with van der Waals surface area (Å²) in [6.45, 7) is 0. The van der Waals surface area contributed by atoms with E-state index in [1.54, 1.807) is 14.1 Å². The first kappa shape index (κ1) is 10.2. The zero-order chi connectivity index (χ0) is 11.0. The lowest BCUT2D eigenvalue weighted by molar-refractivity contribution is 0.0824. The lowest BCUT2D eigenvalue weighted by atomic mass is 10.2. The Bertz CT molecular complexity index is 518. The molecule has 0 unspecified atom stereocenters. The van der Waals surface area contributed by atoms with Crippen LogP contribution in [-0.4, -0.2) is 35.1 Å². The predicted octanol–water partition coefficient (Wildman–Crippen LogP) is 2.03. The fourth-order valence-electron chi connectivity index (χ4n) is 1.36. The molecule has 0 saturated heterocycles. The Balaban J connectivity index is 2.62. The van der Waals surface area contributed by atoms with E-state index >= 15 is 0 Å². The molecule has 1 heterocycles. The summed E-state index contributed by atoms with van der Waals surface area (Å²) in [5.74, 6) is -0.0978. The maximum Gasteiger partial charge on any atom is 0.274 e. The van der Waals surface area contributed by atoms with Crippen molar-refractivity contribution in [3.05, 3.63) is 28.4 Å². The first-order valence-corrected chi connectivity index (χ1v) is 5.24. The minimum atomic E-state index is -0.0978. The van der Waals surface area contributed by atoms with Crippen molar-refractivity contribution >= 4 is 32.7 Å². The minimum absolute atomic E-state index is 0.0978. The number of H-pyrrole nitrogens is 1. The van der Waals surface area contributed by atoms with Gasteiger partial charge in [0.15, 0.2) is 5.69 Å². The van der Waals surface area contributed by atoms with Crippen molar-refractivity contribution in [3.63, 3.8) is 0 Å². The van der Waals surface area contributed by atoms with Crippen LogP contribution in [0.2, 0.25) is 0 Å². The van der Waals surface area contributed by atoms with Crippen molar-refractivity contribution < 1.29 is 4.79 Å². The molecule has 5 heteroatoms. The van der Waals surface area contributed by atoms with Crippen LogP contribution in [0.5, 0.6) is 0 Å². The summed E-state index contributed by atoms with van der Waals surface area (Å²) in [6.07, 6.45) is 0. The number of amides is 1. The standard InChI is InChI=1S/C10H10BrN3O/c1-14(2)10(15)9-7-5-6(11)3-4-8(7)12-13-9/h3-5H,1-2H3,(H,12,13). The summed E-state index contributed by atoms with van der Waals surface area (Å²) < 4.78 is 0.934. The molecule has 0 bridgehead atoms. The minimum Gasteiger partial charge on any atom is -0.343 e. The SMILES string of the molecule is CN(C)C(=O)c1n[nH]c2ccc(Br)cc12. The molecule has 0 spiro atoms. The van der Waals surface area contributed by atoms with Gasteiger partial charge in [-0.25, -0.2) is 0 Å².